The van der Waals surface area contributed by atoms with Crippen molar-refractivity contribution in [2.45, 2.75) is 54.9 Å². The van der Waals surface area contributed by atoms with Gasteiger partial charge in [-0.15, -0.1) is 0 Å². The first-order valence-electron chi connectivity index (χ1n) is 18.6. The van der Waals surface area contributed by atoms with Gasteiger partial charge < -0.3 is 26.3 Å². The lowest BCUT2D eigenvalue weighted by molar-refractivity contribution is -0.131. The SMILES string of the molecule is CC(C)c1ccc2c(Nc3cc(C(=O)Nc4ccc(-c5c[nH]c([C@@H]6CCCN6C(=O)Cc6ccccc6)n5)cc4)ccc3Sc3ccc(N)cc3)ncnc2n1. The largest absolute Gasteiger partial charge is 0.399 e. The van der Waals surface area contributed by atoms with E-state index in [4.69, 9.17) is 15.7 Å². The van der Waals surface area contributed by atoms with Crippen LogP contribution < -0.4 is 16.4 Å². The number of aromatic nitrogens is 5. The number of likely N-dealkylation sites (tertiary alicyclic amines) is 1. The number of anilines is 4. The van der Waals surface area contributed by atoms with Crippen LogP contribution in [0.3, 0.4) is 0 Å². The summed E-state index contributed by atoms with van der Waals surface area (Å²) in [5.74, 6) is 1.48. The van der Waals surface area contributed by atoms with Gasteiger partial charge in [-0.2, -0.15) is 0 Å². The van der Waals surface area contributed by atoms with Crippen LogP contribution in [0.15, 0.2) is 132 Å². The highest BCUT2D eigenvalue weighted by Crippen LogP contribution is 2.37. The van der Waals surface area contributed by atoms with Crippen molar-refractivity contribution < 1.29 is 9.59 Å². The molecular weight excluding hydrogens is 719 g/mol. The molecule has 0 unspecified atom stereocenters. The van der Waals surface area contributed by atoms with Crippen molar-refractivity contribution in [1.29, 1.82) is 0 Å². The smallest absolute Gasteiger partial charge is 0.255 e. The van der Waals surface area contributed by atoms with Gasteiger partial charge in [0.05, 0.1) is 29.2 Å². The van der Waals surface area contributed by atoms with Crippen molar-refractivity contribution in [2.24, 2.45) is 0 Å². The molecule has 56 heavy (non-hydrogen) atoms. The van der Waals surface area contributed by atoms with Crippen LogP contribution in [0.2, 0.25) is 0 Å². The number of nitrogens with one attached hydrogen (secondary N) is 3. The molecule has 2 amide bonds. The molecule has 0 radical (unpaired) electrons. The Morgan fingerprint density at radius 1 is 0.929 bits per heavy atom. The number of pyridine rings is 1. The average Bonchev–Trinajstić information content (AvgIpc) is 3.91. The first kappa shape index (κ1) is 36.4. The van der Waals surface area contributed by atoms with E-state index in [1.807, 2.05) is 120 Å². The van der Waals surface area contributed by atoms with Gasteiger partial charge in [0.2, 0.25) is 5.91 Å². The van der Waals surface area contributed by atoms with Crippen LogP contribution in [-0.2, 0) is 11.2 Å². The predicted octanol–water partition coefficient (Wildman–Crippen LogP) is 9.17. The number of fused-ring (bicyclic) bond motifs is 1. The molecule has 1 aliphatic rings. The molecule has 4 heterocycles. The monoisotopic (exact) mass is 759 g/mol. The molecule has 0 aliphatic carbocycles. The third kappa shape index (κ3) is 8.10. The van der Waals surface area contributed by atoms with Crippen LogP contribution in [-0.4, -0.2) is 48.2 Å². The molecule has 3 aromatic heterocycles. The lowest BCUT2D eigenvalue weighted by Gasteiger charge is -2.23. The fourth-order valence-electron chi connectivity index (χ4n) is 6.83. The number of H-pyrrole nitrogens is 1. The minimum Gasteiger partial charge on any atom is -0.399 e. The zero-order chi connectivity index (χ0) is 38.6. The highest BCUT2D eigenvalue weighted by molar-refractivity contribution is 7.99. The Balaban J connectivity index is 0.989. The standard InChI is InChI=1S/C44H41N9O2S/c1-27(2)35-20-19-34-41(50-35)47-26-48-42(34)51-36-24-30(12-21-39(36)56-33-17-13-31(45)14-18-33)44(55)49-32-15-10-29(11-16-32)37-25-46-43(52-37)38-9-6-22-53(38)40(54)23-28-7-4-3-5-8-28/h3-5,7-8,10-21,24-27,38H,6,9,22-23,45H2,1-2H3,(H,46,52)(H,49,55)(H,47,48,50,51)/t38-/m0/s1. The summed E-state index contributed by atoms with van der Waals surface area (Å²) in [4.78, 5) is 52.7. The number of carbonyl (C=O) groups excluding carboxylic acids is 2. The number of nitrogens with zero attached hydrogens (tertiary/aromatic N) is 5. The first-order chi connectivity index (χ1) is 27.3. The minimum atomic E-state index is -0.260. The predicted molar refractivity (Wildman–Crippen MR) is 222 cm³/mol. The van der Waals surface area contributed by atoms with Gasteiger partial charge in [-0.3, -0.25) is 9.59 Å². The first-order valence-corrected chi connectivity index (χ1v) is 19.5. The Hall–Kier alpha value is -6.53. The number of hydrogen-bond donors (Lipinski definition) is 4. The van der Waals surface area contributed by atoms with Crippen LogP contribution in [0.25, 0.3) is 22.3 Å². The molecule has 1 atom stereocenters. The zero-order valence-corrected chi connectivity index (χ0v) is 31.9. The van der Waals surface area contributed by atoms with Crippen LogP contribution in [0.5, 0.6) is 0 Å². The van der Waals surface area contributed by atoms with Gasteiger partial charge in [0, 0.05) is 50.7 Å². The number of carbonyl (C=O) groups is 2. The lowest BCUT2D eigenvalue weighted by atomic mass is 10.1. The number of rotatable bonds is 11. The lowest BCUT2D eigenvalue weighted by Crippen LogP contribution is -2.32. The number of benzene rings is 4. The van der Waals surface area contributed by atoms with Gasteiger partial charge >= 0.3 is 0 Å². The molecule has 11 nitrogen and oxygen atoms in total. The fourth-order valence-corrected chi connectivity index (χ4v) is 7.71. The van der Waals surface area contributed by atoms with E-state index in [1.165, 1.54) is 6.33 Å². The van der Waals surface area contributed by atoms with Gasteiger partial charge in [0.25, 0.3) is 5.91 Å². The summed E-state index contributed by atoms with van der Waals surface area (Å²) in [6, 6.07) is 34.5. The minimum absolute atomic E-state index is 0.0864. The summed E-state index contributed by atoms with van der Waals surface area (Å²) in [5.41, 5.74) is 12.7. The van der Waals surface area contributed by atoms with Gasteiger partial charge in [-0.25, -0.2) is 19.9 Å². The molecule has 7 aromatic rings. The van der Waals surface area contributed by atoms with Crippen molar-refractivity contribution in [3.05, 3.63) is 144 Å². The van der Waals surface area contributed by atoms with Crippen molar-refractivity contribution in [1.82, 2.24) is 29.8 Å². The number of amides is 2. The molecule has 4 aromatic carbocycles. The summed E-state index contributed by atoms with van der Waals surface area (Å²) in [7, 11) is 0. The summed E-state index contributed by atoms with van der Waals surface area (Å²) in [5, 5.41) is 7.29. The Morgan fingerprint density at radius 3 is 2.52 bits per heavy atom. The molecule has 5 N–H and O–H groups in total. The molecular formula is C44H41N9O2S. The molecule has 0 saturated carbocycles. The number of aromatic amines is 1. The van der Waals surface area contributed by atoms with Crippen molar-refractivity contribution >= 4 is 57.5 Å². The normalized spacial score (nSPS) is 14.0. The third-order valence-corrected chi connectivity index (χ3v) is 10.9. The van der Waals surface area contributed by atoms with E-state index in [0.29, 0.717) is 40.5 Å². The number of imidazole rings is 1. The highest BCUT2D eigenvalue weighted by Gasteiger charge is 2.32. The van der Waals surface area contributed by atoms with Crippen LogP contribution in [0, 0.1) is 0 Å². The van der Waals surface area contributed by atoms with Gasteiger partial charge in [-0.05, 0) is 91.1 Å². The van der Waals surface area contributed by atoms with E-state index in [9.17, 15) is 9.59 Å². The second kappa shape index (κ2) is 16.1. The van der Waals surface area contributed by atoms with Crippen LogP contribution >= 0.6 is 11.8 Å². The van der Waals surface area contributed by atoms with E-state index in [1.54, 1.807) is 11.8 Å². The molecule has 12 heteroatoms. The second-order valence-electron chi connectivity index (χ2n) is 14.1. The second-order valence-corrected chi connectivity index (χ2v) is 15.2. The van der Waals surface area contributed by atoms with E-state index in [2.05, 4.69) is 39.4 Å². The van der Waals surface area contributed by atoms with E-state index < -0.39 is 0 Å². The van der Waals surface area contributed by atoms with Crippen LogP contribution in [0.1, 0.15) is 66.1 Å². The van der Waals surface area contributed by atoms with E-state index in [-0.39, 0.29) is 23.8 Å². The Labute approximate surface area is 329 Å². The molecule has 1 aliphatic heterocycles. The van der Waals surface area contributed by atoms with Gasteiger partial charge in [0.15, 0.2) is 5.65 Å². The Kier molecular flexibility index (Phi) is 10.5. The average molecular weight is 760 g/mol. The molecule has 8 rings (SSSR count). The Bertz CT molecular complexity index is 2500. The van der Waals surface area contributed by atoms with Gasteiger partial charge in [0.1, 0.15) is 18.0 Å². The Morgan fingerprint density at radius 2 is 1.73 bits per heavy atom. The summed E-state index contributed by atoms with van der Waals surface area (Å²) in [6.45, 7) is 4.91. The molecule has 0 spiro atoms. The summed E-state index contributed by atoms with van der Waals surface area (Å²) < 4.78 is 0. The van der Waals surface area contributed by atoms with Crippen LogP contribution in [0.4, 0.5) is 22.9 Å². The number of hydrogen-bond acceptors (Lipinski definition) is 9. The van der Waals surface area contributed by atoms with E-state index >= 15 is 0 Å². The third-order valence-electron chi connectivity index (χ3n) is 9.84. The topological polar surface area (TPSA) is 155 Å². The maximum Gasteiger partial charge on any atom is 0.255 e. The molecule has 280 valence electrons. The summed E-state index contributed by atoms with van der Waals surface area (Å²) in [6.07, 6.45) is 5.54. The maximum atomic E-state index is 13.7. The van der Waals surface area contributed by atoms with Gasteiger partial charge in [-0.1, -0.05) is 68.1 Å². The molecule has 1 fully saturated rings. The number of nitrogen functional groups attached to an aromatic ring is 1. The molecule has 0 bridgehead atoms. The van der Waals surface area contributed by atoms with Crippen molar-refractivity contribution in [2.75, 3.05) is 22.9 Å². The molecule has 1 saturated heterocycles. The van der Waals surface area contributed by atoms with Crippen molar-refractivity contribution in [3.8, 4) is 11.3 Å². The maximum absolute atomic E-state index is 13.7. The summed E-state index contributed by atoms with van der Waals surface area (Å²) >= 11 is 1.55. The fraction of sp³-hybridized carbons (Fsp3) is 0.182. The zero-order valence-electron chi connectivity index (χ0n) is 31.1. The quantitative estimate of drug-likeness (QED) is 0.0945. The highest BCUT2D eigenvalue weighted by atomic mass is 32.2. The van der Waals surface area contributed by atoms with Crippen molar-refractivity contribution in [3.63, 3.8) is 0 Å². The number of nitrogens with two attached hydrogens (primary N) is 1. The van der Waals surface area contributed by atoms with E-state index in [0.717, 1.165) is 62.9 Å².